The minimum atomic E-state index is -0.617. The van der Waals surface area contributed by atoms with Crippen LogP contribution in [0.25, 0.3) is 0 Å². The molecule has 2 nitrogen and oxygen atoms in total. The van der Waals surface area contributed by atoms with Gasteiger partial charge in [-0.25, -0.2) is 0 Å². The van der Waals surface area contributed by atoms with Gasteiger partial charge in [0.15, 0.2) is 0 Å². The number of rotatable bonds is 10. The van der Waals surface area contributed by atoms with Gasteiger partial charge in [-0.05, 0) is 116 Å². The second-order valence-corrected chi connectivity index (χ2v) is 12.5. The summed E-state index contributed by atoms with van der Waals surface area (Å²) in [6.07, 6.45) is 18.4. The Hall–Kier alpha value is -1.15. The van der Waals surface area contributed by atoms with Crippen LogP contribution < -0.4 is 0 Å². The lowest BCUT2D eigenvalue weighted by Crippen LogP contribution is -2.59. The highest BCUT2D eigenvalue weighted by Gasteiger charge is 2.59. The zero-order chi connectivity index (χ0) is 24.9. The lowest BCUT2D eigenvalue weighted by atomic mass is 9.45. The molecule has 2 aliphatic rings. The zero-order valence-corrected chi connectivity index (χ0v) is 23.0. The van der Waals surface area contributed by atoms with E-state index in [9.17, 15) is 9.90 Å². The Morgan fingerprint density at radius 3 is 2.09 bits per heavy atom. The van der Waals surface area contributed by atoms with E-state index in [0.717, 1.165) is 64.2 Å². The van der Waals surface area contributed by atoms with Gasteiger partial charge in [0.2, 0.25) is 0 Å². The van der Waals surface area contributed by atoms with Gasteiger partial charge in [0.05, 0.1) is 5.60 Å². The third-order valence-electron chi connectivity index (χ3n) is 9.07. The molecule has 33 heavy (non-hydrogen) atoms. The van der Waals surface area contributed by atoms with Crippen molar-refractivity contribution in [1.82, 2.24) is 0 Å². The highest BCUT2D eigenvalue weighted by atomic mass is 16.3. The molecule has 0 aromatic heterocycles. The molecule has 2 rings (SSSR count). The molecular weight excluding hydrogens is 404 g/mol. The maximum absolute atomic E-state index is 12.6. The highest BCUT2D eigenvalue weighted by molar-refractivity contribution is 5.85. The smallest absolute Gasteiger partial charge is 0.138 e. The third kappa shape index (κ3) is 7.17. The minimum absolute atomic E-state index is 0.0613. The SMILES string of the molecule is CC(C)=CCC/C(C)=C/CC/C(C)=C/CCC[C@@H]1[C@@]2(C)CCC(=O)C(C)(C)C2CC[C@@]1(C)O. The zero-order valence-electron chi connectivity index (χ0n) is 23.0. The monoisotopic (exact) mass is 456 g/mol. The summed E-state index contributed by atoms with van der Waals surface area (Å²) in [6.45, 7) is 17.6. The van der Waals surface area contributed by atoms with Gasteiger partial charge in [-0.3, -0.25) is 4.79 Å². The first-order chi connectivity index (χ1) is 15.3. The summed E-state index contributed by atoms with van der Waals surface area (Å²) in [5.41, 5.74) is 3.57. The van der Waals surface area contributed by atoms with Crippen LogP contribution in [-0.2, 0) is 4.79 Å². The minimum Gasteiger partial charge on any atom is -0.390 e. The van der Waals surface area contributed by atoms with Gasteiger partial charge in [-0.15, -0.1) is 0 Å². The van der Waals surface area contributed by atoms with Crippen LogP contribution in [0.1, 0.15) is 126 Å². The summed E-state index contributed by atoms with van der Waals surface area (Å²) in [5.74, 6) is 1.08. The molecule has 0 saturated heterocycles. The molecule has 1 unspecified atom stereocenters. The fourth-order valence-corrected chi connectivity index (χ4v) is 6.98. The van der Waals surface area contributed by atoms with E-state index in [0.29, 0.717) is 18.1 Å². The van der Waals surface area contributed by atoms with Gasteiger partial charge in [0.25, 0.3) is 0 Å². The fraction of sp³-hybridized carbons (Fsp3) is 0.774. The lowest BCUT2D eigenvalue weighted by Gasteiger charge is -2.60. The standard InChI is InChI=1S/C31H52O2/c1-23(2)13-11-15-25(4)17-12-16-24(3)14-9-10-18-27-30(7)21-20-28(32)29(5,6)26(30)19-22-31(27,8)33/h13-14,17,26-27,33H,9-12,15-16,18-22H2,1-8H3/b24-14+,25-17+/t26?,27-,30+,31-/m1/s1. The number of fused-ring (bicyclic) bond motifs is 1. The summed E-state index contributed by atoms with van der Waals surface area (Å²) >= 11 is 0. The molecule has 0 heterocycles. The first kappa shape index (κ1) is 28.1. The van der Waals surface area contributed by atoms with Crippen molar-refractivity contribution < 1.29 is 9.90 Å². The van der Waals surface area contributed by atoms with Crippen molar-refractivity contribution in [2.24, 2.45) is 22.7 Å². The molecule has 2 saturated carbocycles. The summed E-state index contributed by atoms with van der Waals surface area (Å²) in [5, 5.41) is 11.3. The van der Waals surface area contributed by atoms with E-state index in [1.165, 1.54) is 16.7 Å². The van der Waals surface area contributed by atoms with E-state index in [-0.39, 0.29) is 16.7 Å². The number of aliphatic hydroxyl groups is 1. The predicted octanol–water partition coefficient (Wildman–Crippen LogP) is 8.75. The number of allylic oxidation sites excluding steroid dienone is 6. The molecule has 2 fully saturated rings. The number of Topliss-reactive ketones (excluding diaryl/α,β-unsaturated/α-hetero) is 1. The van der Waals surface area contributed by atoms with Gasteiger partial charge in [0, 0.05) is 11.8 Å². The molecule has 1 N–H and O–H groups in total. The molecular formula is C31H52O2. The van der Waals surface area contributed by atoms with Crippen molar-refractivity contribution in [3.63, 3.8) is 0 Å². The average Bonchev–Trinajstić information content (AvgIpc) is 2.69. The van der Waals surface area contributed by atoms with Gasteiger partial charge < -0.3 is 5.11 Å². The molecule has 0 bridgehead atoms. The highest BCUT2D eigenvalue weighted by Crippen LogP contribution is 2.62. The van der Waals surface area contributed by atoms with Crippen molar-refractivity contribution in [3.05, 3.63) is 34.9 Å². The largest absolute Gasteiger partial charge is 0.390 e. The Balaban J connectivity index is 1.88. The first-order valence-electron chi connectivity index (χ1n) is 13.5. The Morgan fingerprint density at radius 1 is 0.909 bits per heavy atom. The average molecular weight is 457 g/mol. The number of hydrogen-bond acceptors (Lipinski definition) is 2. The van der Waals surface area contributed by atoms with E-state index in [1.807, 2.05) is 0 Å². The van der Waals surface area contributed by atoms with E-state index in [4.69, 9.17) is 0 Å². The second kappa shape index (κ2) is 11.5. The topological polar surface area (TPSA) is 37.3 Å². The van der Waals surface area contributed by atoms with Crippen molar-refractivity contribution in [2.75, 3.05) is 0 Å². The maximum atomic E-state index is 12.6. The van der Waals surface area contributed by atoms with Crippen molar-refractivity contribution in [2.45, 2.75) is 132 Å². The van der Waals surface area contributed by atoms with Crippen LogP contribution in [0.2, 0.25) is 0 Å². The first-order valence-corrected chi connectivity index (χ1v) is 13.5. The van der Waals surface area contributed by atoms with Crippen LogP contribution >= 0.6 is 0 Å². The number of ketones is 1. The molecule has 2 heteroatoms. The van der Waals surface area contributed by atoms with Gasteiger partial charge in [-0.1, -0.05) is 55.7 Å². The molecule has 188 valence electrons. The number of carbonyl (C=O) groups is 1. The van der Waals surface area contributed by atoms with E-state index in [1.54, 1.807) is 0 Å². The normalized spacial score (nSPS) is 32.5. The van der Waals surface area contributed by atoms with E-state index in [2.05, 4.69) is 73.6 Å². The summed E-state index contributed by atoms with van der Waals surface area (Å²) < 4.78 is 0. The van der Waals surface area contributed by atoms with Crippen LogP contribution in [-0.4, -0.2) is 16.5 Å². The quantitative estimate of drug-likeness (QED) is 0.263. The Labute approximate surface area is 205 Å². The molecule has 0 aromatic rings. The van der Waals surface area contributed by atoms with Crippen molar-refractivity contribution >= 4 is 5.78 Å². The Bertz CT molecular complexity index is 760. The second-order valence-electron chi connectivity index (χ2n) is 12.5. The predicted molar refractivity (Wildman–Crippen MR) is 142 cm³/mol. The van der Waals surface area contributed by atoms with Crippen LogP contribution in [0.3, 0.4) is 0 Å². The Kier molecular flexibility index (Phi) is 9.81. The van der Waals surface area contributed by atoms with Gasteiger partial charge in [-0.2, -0.15) is 0 Å². The van der Waals surface area contributed by atoms with Gasteiger partial charge in [0.1, 0.15) is 5.78 Å². The summed E-state index contributed by atoms with van der Waals surface area (Å²) in [6, 6.07) is 0. The Morgan fingerprint density at radius 2 is 1.48 bits per heavy atom. The molecule has 0 aromatic carbocycles. The fourth-order valence-electron chi connectivity index (χ4n) is 6.98. The van der Waals surface area contributed by atoms with E-state index >= 15 is 0 Å². The number of unbranched alkanes of at least 4 members (excludes halogenated alkanes) is 1. The van der Waals surface area contributed by atoms with Gasteiger partial charge >= 0.3 is 0 Å². The molecule has 0 amide bonds. The molecule has 0 radical (unpaired) electrons. The van der Waals surface area contributed by atoms with Crippen molar-refractivity contribution in [3.8, 4) is 0 Å². The maximum Gasteiger partial charge on any atom is 0.138 e. The van der Waals surface area contributed by atoms with Crippen LogP contribution in [0.15, 0.2) is 34.9 Å². The van der Waals surface area contributed by atoms with Crippen LogP contribution in [0.4, 0.5) is 0 Å². The molecule has 0 aliphatic heterocycles. The number of carbonyl (C=O) groups excluding carboxylic acids is 1. The summed E-state index contributed by atoms with van der Waals surface area (Å²) in [7, 11) is 0. The van der Waals surface area contributed by atoms with Crippen LogP contribution in [0, 0.1) is 22.7 Å². The van der Waals surface area contributed by atoms with Crippen molar-refractivity contribution in [1.29, 1.82) is 0 Å². The third-order valence-corrected chi connectivity index (χ3v) is 9.07. The molecule has 4 atom stereocenters. The lowest BCUT2D eigenvalue weighted by molar-refractivity contribution is -0.177. The number of hydrogen-bond donors (Lipinski definition) is 1. The molecule has 0 spiro atoms. The molecule has 2 aliphatic carbocycles. The van der Waals surface area contributed by atoms with Crippen LogP contribution in [0.5, 0.6) is 0 Å². The van der Waals surface area contributed by atoms with E-state index < -0.39 is 5.60 Å². The summed E-state index contributed by atoms with van der Waals surface area (Å²) in [4.78, 5) is 12.6.